The number of ether oxygens (including phenoxy) is 1. The molecule has 0 saturated carbocycles. The number of rotatable bonds is 3. The summed E-state index contributed by atoms with van der Waals surface area (Å²) < 4.78 is 5.53. The Morgan fingerprint density at radius 2 is 2.36 bits per heavy atom. The number of anilines is 1. The molecule has 3 heteroatoms. The first-order valence-electron chi connectivity index (χ1n) is 5.10. The third-order valence-corrected chi connectivity index (χ3v) is 2.38. The van der Waals surface area contributed by atoms with Crippen LogP contribution in [0.4, 0.5) is 5.69 Å². The van der Waals surface area contributed by atoms with E-state index in [1.807, 2.05) is 12.1 Å². The maximum atomic E-state index is 5.53. The second-order valence-electron chi connectivity index (χ2n) is 3.49. The minimum atomic E-state index is 0.660. The molecule has 0 amide bonds. The van der Waals surface area contributed by atoms with E-state index in [1.54, 1.807) is 0 Å². The summed E-state index contributed by atoms with van der Waals surface area (Å²) in [7, 11) is 0. The van der Waals surface area contributed by atoms with E-state index in [0.29, 0.717) is 6.54 Å². The number of hydrogen-bond acceptors (Lipinski definition) is 3. The van der Waals surface area contributed by atoms with Gasteiger partial charge in [-0.15, -0.1) is 0 Å². The second-order valence-corrected chi connectivity index (χ2v) is 3.49. The lowest BCUT2D eigenvalue weighted by atomic mass is 10.1. The van der Waals surface area contributed by atoms with Crippen molar-refractivity contribution in [3.63, 3.8) is 0 Å². The molecule has 0 radical (unpaired) electrons. The quantitative estimate of drug-likeness (QED) is 0.760. The molecule has 3 N–H and O–H groups in total. The first kappa shape index (κ1) is 9.34. The normalized spacial score (nSPS) is 14.4. The Morgan fingerprint density at radius 3 is 3.21 bits per heavy atom. The third-order valence-electron chi connectivity index (χ3n) is 2.38. The Morgan fingerprint density at radius 1 is 1.43 bits per heavy atom. The Kier molecular flexibility index (Phi) is 2.89. The summed E-state index contributed by atoms with van der Waals surface area (Å²) in [4.78, 5) is 0. The number of nitrogens with one attached hydrogen (secondary N) is 1. The molecule has 1 aromatic rings. The number of nitrogens with two attached hydrogens (primary N) is 1. The van der Waals surface area contributed by atoms with Crippen molar-refractivity contribution < 1.29 is 4.74 Å². The Hall–Kier alpha value is -1.22. The average Bonchev–Trinajstić information content (AvgIpc) is 2.26. The Bertz CT molecular complexity index is 312. The van der Waals surface area contributed by atoms with Gasteiger partial charge in [-0.2, -0.15) is 0 Å². The molecule has 14 heavy (non-hydrogen) atoms. The molecule has 76 valence electrons. The van der Waals surface area contributed by atoms with Crippen LogP contribution < -0.4 is 15.8 Å². The number of fused-ring (bicyclic) bond motifs is 1. The van der Waals surface area contributed by atoms with E-state index < -0.39 is 0 Å². The topological polar surface area (TPSA) is 47.3 Å². The van der Waals surface area contributed by atoms with Crippen LogP contribution in [0.1, 0.15) is 12.0 Å². The van der Waals surface area contributed by atoms with Gasteiger partial charge in [-0.25, -0.2) is 0 Å². The van der Waals surface area contributed by atoms with Crippen LogP contribution in [0.5, 0.6) is 5.75 Å². The molecule has 0 fully saturated rings. The van der Waals surface area contributed by atoms with Gasteiger partial charge in [0.05, 0.1) is 6.61 Å². The van der Waals surface area contributed by atoms with E-state index >= 15 is 0 Å². The molecule has 2 rings (SSSR count). The van der Waals surface area contributed by atoms with Gasteiger partial charge in [0.1, 0.15) is 5.75 Å². The highest BCUT2D eigenvalue weighted by Gasteiger charge is 2.09. The van der Waals surface area contributed by atoms with Crippen molar-refractivity contribution >= 4 is 5.69 Å². The zero-order valence-electron chi connectivity index (χ0n) is 8.25. The van der Waals surface area contributed by atoms with Crippen LogP contribution in [0.2, 0.25) is 0 Å². The maximum absolute atomic E-state index is 5.53. The summed E-state index contributed by atoms with van der Waals surface area (Å²) in [6, 6.07) is 6.23. The van der Waals surface area contributed by atoms with Gasteiger partial charge in [0.25, 0.3) is 0 Å². The SMILES string of the molecule is NCCNc1ccc2c(c1)CCCO2. The summed E-state index contributed by atoms with van der Waals surface area (Å²) in [5.74, 6) is 1.04. The van der Waals surface area contributed by atoms with E-state index in [-0.39, 0.29) is 0 Å². The molecular weight excluding hydrogens is 176 g/mol. The van der Waals surface area contributed by atoms with Crippen LogP contribution in [0.3, 0.4) is 0 Å². The minimum absolute atomic E-state index is 0.660. The van der Waals surface area contributed by atoms with Crippen molar-refractivity contribution in [1.29, 1.82) is 0 Å². The lowest BCUT2D eigenvalue weighted by molar-refractivity contribution is 0.288. The van der Waals surface area contributed by atoms with Gasteiger partial charge in [-0.05, 0) is 36.6 Å². The summed E-state index contributed by atoms with van der Waals surface area (Å²) in [6.07, 6.45) is 2.24. The number of aryl methyl sites for hydroxylation is 1. The van der Waals surface area contributed by atoms with Crippen molar-refractivity contribution in [2.45, 2.75) is 12.8 Å². The van der Waals surface area contributed by atoms with Crippen molar-refractivity contribution in [3.8, 4) is 5.75 Å². The maximum Gasteiger partial charge on any atom is 0.122 e. The van der Waals surface area contributed by atoms with E-state index in [9.17, 15) is 0 Å². The van der Waals surface area contributed by atoms with Crippen LogP contribution >= 0.6 is 0 Å². The van der Waals surface area contributed by atoms with Gasteiger partial charge in [0.15, 0.2) is 0 Å². The van der Waals surface area contributed by atoms with E-state index in [4.69, 9.17) is 10.5 Å². The molecule has 1 aliphatic rings. The Labute approximate surface area is 84.3 Å². The summed E-state index contributed by atoms with van der Waals surface area (Å²) in [5, 5.41) is 3.26. The summed E-state index contributed by atoms with van der Waals surface area (Å²) in [6.45, 7) is 2.33. The molecule has 0 unspecified atom stereocenters. The molecule has 1 aromatic carbocycles. The van der Waals surface area contributed by atoms with E-state index in [1.165, 1.54) is 5.56 Å². The lowest BCUT2D eigenvalue weighted by Crippen LogP contribution is -2.14. The van der Waals surface area contributed by atoms with Crippen LogP contribution in [-0.4, -0.2) is 19.7 Å². The zero-order chi connectivity index (χ0) is 9.80. The van der Waals surface area contributed by atoms with E-state index in [0.717, 1.165) is 37.4 Å². The molecule has 3 nitrogen and oxygen atoms in total. The molecule has 1 heterocycles. The molecule has 0 saturated heterocycles. The lowest BCUT2D eigenvalue weighted by Gasteiger charge is -2.18. The van der Waals surface area contributed by atoms with Gasteiger partial charge in [0, 0.05) is 18.8 Å². The largest absolute Gasteiger partial charge is 0.493 e. The van der Waals surface area contributed by atoms with Crippen molar-refractivity contribution in [3.05, 3.63) is 23.8 Å². The van der Waals surface area contributed by atoms with Crippen LogP contribution in [0.25, 0.3) is 0 Å². The van der Waals surface area contributed by atoms with Crippen LogP contribution in [0, 0.1) is 0 Å². The number of hydrogen-bond donors (Lipinski definition) is 2. The fraction of sp³-hybridized carbons (Fsp3) is 0.455. The predicted molar refractivity (Wildman–Crippen MR) is 57.8 cm³/mol. The zero-order valence-corrected chi connectivity index (χ0v) is 8.25. The predicted octanol–water partition coefficient (Wildman–Crippen LogP) is 1.38. The first-order valence-corrected chi connectivity index (χ1v) is 5.10. The van der Waals surface area contributed by atoms with Gasteiger partial charge < -0.3 is 15.8 Å². The molecule has 0 atom stereocenters. The second kappa shape index (κ2) is 4.33. The van der Waals surface area contributed by atoms with Gasteiger partial charge in [-0.1, -0.05) is 0 Å². The molecule has 0 aliphatic carbocycles. The third kappa shape index (κ3) is 1.99. The highest BCUT2D eigenvalue weighted by molar-refractivity contribution is 5.51. The Balaban J connectivity index is 2.12. The highest BCUT2D eigenvalue weighted by atomic mass is 16.5. The molecule has 1 aliphatic heterocycles. The smallest absolute Gasteiger partial charge is 0.122 e. The van der Waals surface area contributed by atoms with Crippen molar-refractivity contribution in [2.24, 2.45) is 5.73 Å². The van der Waals surface area contributed by atoms with Crippen LogP contribution in [0.15, 0.2) is 18.2 Å². The average molecular weight is 192 g/mol. The van der Waals surface area contributed by atoms with Crippen molar-refractivity contribution in [2.75, 3.05) is 25.0 Å². The van der Waals surface area contributed by atoms with Gasteiger partial charge in [0.2, 0.25) is 0 Å². The summed E-state index contributed by atoms with van der Waals surface area (Å²) >= 11 is 0. The highest BCUT2D eigenvalue weighted by Crippen LogP contribution is 2.27. The standard InChI is InChI=1S/C11H16N2O/c12-5-6-13-10-3-4-11-9(8-10)2-1-7-14-11/h3-4,8,13H,1-2,5-7,12H2. The minimum Gasteiger partial charge on any atom is -0.493 e. The van der Waals surface area contributed by atoms with Crippen LogP contribution in [-0.2, 0) is 6.42 Å². The van der Waals surface area contributed by atoms with E-state index in [2.05, 4.69) is 11.4 Å². The first-order chi connectivity index (χ1) is 6.90. The van der Waals surface area contributed by atoms with Crippen molar-refractivity contribution in [1.82, 2.24) is 0 Å². The monoisotopic (exact) mass is 192 g/mol. The van der Waals surface area contributed by atoms with Gasteiger partial charge >= 0.3 is 0 Å². The molecule has 0 spiro atoms. The van der Waals surface area contributed by atoms with Gasteiger partial charge in [-0.3, -0.25) is 0 Å². The molecular formula is C11H16N2O. The fourth-order valence-corrected chi connectivity index (χ4v) is 1.69. The molecule has 0 aromatic heterocycles. The number of benzene rings is 1. The fourth-order valence-electron chi connectivity index (χ4n) is 1.69. The summed E-state index contributed by atoms with van der Waals surface area (Å²) in [5.41, 5.74) is 7.87. The molecule has 0 bridgehead atoms.